The number of aromatic hydroxyl groups is 2. The second-order valence-corrected chi connectivity index (χ2v) is 10.1. The third-order valence-corrected chi connectivity index (χ3v) is 5.55. The molecular weight excluding hydrogens is 460 g/mol. The van der Waals surface area contributed by atoms with Gasteiger partial charge in [-0.05, 0) is 62.6 Å². The molecule has 2 rings (SSSR count). The van der Waals surface area contributed by atoms with Gasteiger partial charge in [0.05, 0.1) is 18.8 Å². The van der Waals surface area contributed by atoms with Crippen molar-refractivity contribution in [3.63, 3.8) is 0 Å². The van der Waals surface area contributed by atoms with E-state index in [-0.39, 0.29) is 30.3 Å². The molecule has 0 aromatic heterocycles. The molecule has 0 spiro atoms. The molecule has 0 radical (unpaired) electrons. The van der Waals surface area contributed by atoms with E-state index < -0.39 is 11.6 Å². The molecule has 7 heteroatoms. The van der Waals surface area contributed by atoms with E-state index >= 15 is 0 Å². The van der Waals surface area contributed by atoms with Crippen LogP contribution in [0.15, 0.2) is 30.3 Å². The average molecular weight is 503 g/mol. The fraction of sp³-hybridized carbons (Fsp3) is 0.552. The zero-order valence-electron chi connectivity index (χ0n) is 22.1. The Labute approximate surface area is 215 Å². The second kappa shape index (κ2) is 14.6. The van der Waals surface area contributed by atoms with Crippen LogP contribution in [0.2, 0.25) is 0 Å². The molecule has 0 aliphatic heterocycles. The van der Waals surface area contributed by atoms with Crippen molar-refractivity contribution < 1.29 is 34.3 Å². The van der Waals surface area contributed by atoms with Gasteiger partial charge in [0.1, 0.15) is 28.6 Å². The molecule has 0 unspecified atom stereocenters. The van der Waals surface area contributed by atoms with Gasteiger partial charge in [-0.2, -0.15) is 0 Å². The van der Waals surface area contributed by atoms with Crippen LogP contribution in [0.3, 0.4) is 0 Å². The van der Waals surface area contributed by atoms with Crippen LogP contribution >= 0.6 is 0 Å². The molecule has 2 aromatic carbocycles. The normalized spacial score (nSPS) is 11.4. The molecule has 0 atom stereocenters. The van der Waals surface area contributed by atoms with Crippen LogP contribution in [0.25, 0.3) is 11.1 Å². The van der Waals surface area contributed by atoms with Gasteiger partial charge in [-0.1, -0.05) is 51.9 Å². The number of aliphatic hydroxyl groups is 1. The van der Waals surface area contributed by atoms with Crippen molar-refractivity contribution in [1.82, 2.24) is 0 Å². The van der Waals surface area contributed by atoms with Gasteiger partial charge in [-0.3, -0.25) is 0 Å². The summed E-state index contributed by atoms with van der Waals surface area (Å²) in [6, 6.07) is 7.78. The fourth-order valence-corrected chi connectivity index (χ4v) is 3.88. The largest absolute Gasteiger partial charge is 0.507 e. The van der Waals surface area contributed by atoms with Crippen LogP contribution < -0.4 is 9.47 Å². The predicted octanol–water partition coefficient (Wildman–Crippen LogP) is 6.50. The van der Waals surface area contributed by atoms with Gasteiger partial charge >= 0.3 is 5.97 Å². The number of carbonyl (C=O) groups excluding carboxylic acids is 1. The Morgan fingerprint density at radius 3 is 1.92 bits per heavy atom. The van der Waals surface area contributed by atoms with Crippen molar-refractivity contribution in [1.29, 1.82) is 0 Å². The maximum absolute atomic E-state index is 12.1. The van der Waals surface area contributed by atoms with E-state index in [1.54, 1.807) is 39.0 Å². The summed E-state index contributed by atoms with van der Waals surface area (Å²) in [6.45, 7) is 7.48. The van der Waals surface area contributed by atoms with E-state index in [2.05, 4.69) is 6.92 Å². The summed E-state index contributed by atoms with van der Waals surface area (Å²) >= 11 is 0. The smallest absolute Gasteiger partial charge is 0.344 e. The van der Waals surface area contributed by atoms with Gasteiger partial charge in [-0.25, -0.2) is 4.79 Å². The van der Waals surface area contributed by atoms with Gasteiger partial charge in [0.25, 0.3) is 0 Å². The second-order valence-electron chi connectivity index (χ2n) is 10.1. The topological polar surface area (TPSA) is 105 Å². The van der Waals surface area contributed by atoms with Gasteiger partial charge in [0, 0.05) is 6.07 Å². The Balaban J connectivity index is 2.12. The third-order valence-electron chi connectivity index (χ3n) is 5.55. The monoisotopic (exact) mass is 502 g/mol. The zero-order valence-corrected chi connectivity index (χ0v) is 22.1. The number of carbonyl (C=O) groups is 1. The summed E-state index contributed by atoms with van der Waals surface area (Å²) in [6.07, 6.45) is 9.52. The predicted molar refractivity (Wildman–Crippen MR) is 141 cm³/mol. The first-order valence-corrected chi connectivity index (χ1v) is 12.9. The summed E-state index contributed by atoms with van der Waals surface area (Å²) in [5.41, 5.74) is 0.407. The average Bonchev–Trinajstić information content (AvgIpc) is 2.80. The summed E-state index contributed by atoms with van der Waals surface area (Å²) in [4.78, 5) is 12.1. The maximum atomic E-state index is 12.1. The molecule has 0 bridgehead atoms. The molecule has 200 valence electrons. The first-order chi connectivity index (χ1) is 17.1. The van der Waals surface area contributed by atoms with Crippen LogP contribution in [-0.4, -0.2) is 40.1 Å². The maximum Gasteiger partial charge on any atom is 0.344 e. The van der Waals surface area contributed by atoms with Gasteiger partial charge in [0.2, 0.25) is 0 Å². The van der Waals surface area contributed by atoms with Crippen molar-refractivity contribution in [2.24, 2.45) is 0 Å². The van der Waals surface area contributed by atoms with Gasteiger partial charge < -0.3 is 29.5 Å². The highest BCUT2D eigenvalue weighted by atomic mass is 16.6. The van der Waals surface area contributed by atoms with E-state index in [1.807, 2.05) is 0 Å². The van der Waals surface area contributed by atoms with E-state index in [1.165, 1.54) is 50.7 Å². The number of unbranched alkanes of at least 4 members (excludes halogenated alkanes) is 7. The molecule has 2 aromatic rings. The van der Waals surface area contributed by atoms with Crippen LogP contribution in [-0.2, 0) is 16.1 Å². The van der Waals surface area contributed by atoms with Gasteiger partial charge in [-0.15, -0.1) is 0 Å². The van der Waals surface area contributed by atoms with E-state index in [9.17, 15) is 20.1 Å². The number of benzene rings is 2. The molecule has 0 heterocycles. The molecular formula is C29H42O7. The molecule has 3 N–H and O–H groups in total. The minimum absolute atomic E-state index is 0.183. The lowest BCUT2D eigenvalue weighted by atomic mass is 10.0. The first kappa shape index (κ1) is 29.3. The lowest BCUT2D eigenvalue weighted by molar-refractivity contribution is -0.157. The Bertz CT molecular complexity index is 940. The standard InChI is InChI=1S/C29H42O7/c1-5-6-7-8-9-10-11-12-13-34-23-16-22(28-25(31)14-21(19-30)15-26(28)32)17-24(18-23)35-20-27(33)36-29(2,3)4/h14-18,30-32H,5-13,19-20H2,1-4H3. The Morgan fingerprint density at radius 2 is 1.36 bits per heavy atom. The number of hydrogen-bond acceptors (Lipinski definition) is 7. The Kier molecular flexibility index (Phi) is 11.9. The van der Waals surface area contributed by atoms with Crippen LogP contribution in [0.1, 0.15) is 84.6 Å². The lowest BCUT2D eigenvalue weighted by Gasteiger charge is -2.20. The first-order valence-electron chi connectivity index (χ1n) is 12.9. The highest BCUT2D eigenvalue weighted by Crippen LogP contribution is 2.41. The Morgan fingerprint density at radius 1 is 0.806 bits per heavy atom. The van der Waals surface area contributed by atoms with Crippen molar-refractivity contribution in [2.75, 3.05) is 13.2 Å². The lowest BCUT2D eigenvalue weighted by Crippen LogP contribution is -2.27. The highest BCUT2D eigenvalue weighted by molar-refractivity contribution is 5.79. The summed E-state index contributed by atoms with van der Waals surface area (Å²) in [5, 5.41) is 30.4. The van der Waals surface area contributed by atoms with Crippen molar-refractivity contribution in [3.05, 3.63) is 35.9 Å². The van der Waals surface area contributed by atoms with Gasteiger partial charge in [0.15, 0.2) is 6.61 Å². The van der Waals surface area contributed by atoms with Crippen molar-refractivity contribution in [3.8, 4) is 34.1 Å². The summed E-state index contributed by atoms with van der Waals surface area (Å²) in [7, 11) is 0. The SMILES string of the molecule is CCCCCCCCCCOc1cc(OCC(=O)OC(C)(C)C)cc(-c2c(O)cc(CO)cc2O)c1. The molecule has 0 amide bonds. The molecule has 0 aliphatic rings. The quantitative estimate of drug-likeness (QED) is 0.189. The number of ether oxygens (including phenoxy) is 3. The van der Waals surface area contributed by atoms with Crippen molar-refractivity contribution >= 4 is 5.97 Å². The molecule has 0 saturated heterocycles. The van der Waals surface area contributed by atoms with Crippen LogP contribution in [0.5, 0.6) is 23.0 Å². The number of hydrogen-bond donors (Lipinski definition) is 3. The van der Waals surface area contributed by atoms with E-state index in [0.717, 1.165) is 12.8 Å². The van der Waals surface area contributed by atoms with Crippen LogP contribution in [0, 0.1) is 0 Å². The molecule has 0 aliphatic carbocycles. The number of aliphatic hydroxyl groups excluding tert-OH is 1. The Hall–Kier alpha value is -2.93. The molecule has 36 heavy (non-hydrogen) atoms. The van der Waals surface area contributed by atoms with Crippen molar-refractivity contribution in [2.45, 2.75) is 91.3 Å². The van der Waals surface area contributed by atoms with E-state index in [4.69, 9.17) is 14.2 Å². The number of phenols is 2. The number of rotatable bonds is 15. The third kappa shape index (κ3) is 10.4. The molecule has 0 saturated carbocycles. The number of esters is 1. The summed E-state index contributed by atoms with van der Waals surface area (Å²) in [5.74, 6) is -0.0315. The van der Waals surface area contributed by atoms with Crippen LogP contribution in [0.4, 0.5) is 0 Å². The fourth-order valence-electron chi connectivity index (χ4n) is 3.88. The minimum Gasteiger partial charge on any atom is -0.507 e. The molecule has 0 fully saturated rings. The molecule has 7 nitrogen and oxygen atoms in total. The summed E-state index contributed by atoms with van der Waals surface area (Å²) < 4.78 is 16.9. The highest BCUT2D eigenvalue weighted by Gasteiger charge is 2.18. The van der Waals surface area contributed by atoms with E-state index in [0.29, 0.717) is 29.2 Å². The number of phenolic OH excluding ortho intramolecular Hbond substituents is 2. The zero-order chi connectivity index (χ0) is 26.6. The minimum atomic E-state index is -0.626.